The molecule has 0 amide bonds. The molecule has 100 valence electrons. The fourth-order valence-corrected chi connectivity index (χ4v) is 2.66. The lowest BCUT2D eigenvalue weighted by molar-refractivity contribution is 0.0519. The van der Waals surface area contributed by atoms with E-state index in [2.05, 4.69) is 4.98 Å². The molecule has 0 radical (unpaired) electrons. The quantitative estimate of drug-likeness (QED) is 0.803. The molecule has 0 aliphatic heterocycles. The van der Waals surface area contributed by atoms with Gasteiger partial charge < -0.3 is 4.74 Å². The first-order chi connectivity index (χ1) is 9.01. The number of ether oxygens (including phenoxy) is 1. The van der Waals surface area contributed by atoms with Crippen molar-refractivity contribution >= 4 is 17.3 Å². The molecule has 1 heterocycles. The maximum absolute atomic E-state index is 13.4. The lowest BCUT2D eigenvalue weighted by atomic mass is 10.1. The second-order valence-electron chi connectivity index (χ2n) is 4.16. The zero-order valence-corrected chi connectivity index (χ0v) is 11.8. The third-order valence-electron chi connectivity index (χ3n) is 2.55. The van der Waals surface area contributed by atoms with Gasteiger partial charge >= 0.3 is 5.97 Å². The molecular weight excluding hydrogens is 265 g/mol. The molecular formula is C14H14FNO2S. The Bertz CT molecular complexity index is 602. The van der Waals surface area contributed by atoms with Crippen LogP contribution in [0, 0.1) is 19.7 Å². The molecule has 2 aromatic rings. The number of hydrogen-bond acceptors (Lipinski definition) is 4. The first-order valence-corrected chi connectivity index (χ1v) is 6.75. The van der Waals surface area contributed by atoms with Crippen LogP contribution < -0.4 is 0 Å². The van der Waals surface area contributed by atoms with Gasteiger partial charge in [0.1, 0.15) is 10.8 Å². The number of carbonyl (C=O) groups excluding carboxylic acids is 1. The van der Waals surface area contributed by atoms with Gasteiger partial charge in [-0.05, 0) is 44.5 Å². The molecule has 3 nitrogen and oxygen atoms in total. The third-order valence-corrected chi connectivity index (χ3v) is 3.57. The molecule has 0 spiro atoms. The summed E-state index contributed by atoms with van der Waals surface area (Å²) in [4.78, 5) is 16.7. The van der Waals surface area contributed by atoms with E-state index < -0.39 is 5.97 Å². The van der Waals surface area contributed by atoms with Crippen molar-refractivity contribution in [3.05, 3.63) is 40.2 Å². The van der Waals surface area contributed by atoms with Crippen LogP contribution in [0.5, 0.6) is 0 Å². The number of hydrogen-bond donors (Lipinski definition) is 0. The zero-order valence-electron chi connectivity index (χ0n) is 11.0. The van der Waals surface area contributed by atoms with Crippen molar-refractivity contribution in [1.82, 2.24) is 4.98 Å². The summed E-state index contributed by atoms with van der Waals surface area (Å²) in [5.41, 5.74) is 1.81. The Morgan fingerprint density at radius 3 is 2.74 bits per heavy atom. The highest BCUT2D eigenvalue weighted by Gasteiger charge is 2.17. The summed E-state index contributed by atoms with van der Waals surface area (Å²) in [6.45, 7) is 5.68. The minimum atomic E-state index is -0.435. The Morgan fingerprint density at radius 2 is 2.11 bits per heavy atom. The van der Waals surface area contributed by atoms with Crippen molar-refractivity contribution in [2.24, 2.45) is 0 Å². The molecule has 0 aliphatic rings. The fourth-order valence-electron chi connectivity index (χ4n) is 1.77. The highest BCUT2D eigenvalue weighted by atomic mass is 32.1. The van der Waals surface area contributed by atoms with Crippen LogP contribution in [0.3, 0.4) is 0 Å². The van der Waals surface area contributed by atoms with E-state index in [4.69, 9.17) is 4.74 Å². The molecule has 0 aliphatic carbocycles. The summed E-state index contributed by atoms with van der Waals surface area (Å²) in [6, 6.07) is 4.71. The predicted octanol–water partition coefficient (Wildman–Crippen LogP) is 3.74. The maximum atomic E-state index is 13.4. The molecule has 0 N–H and O–H groups in total. The Kier molecular flexibility index (Phi) is 3.95. The van der Waals surface area contributed by atoms with Crippen LogP contribution in [0.1, 0.15) is 27.9 Å². The molecule has 0 fully saturated rings. The van der Waals surface area contributed by atoms with Gasteiger partial charge in [-0.25, -0.2) is 14.2 Å². The van der Waals surface area contributed by atoms with Gasteiger partial charge in [0.15, 0.2) is 5.69 Å². The van der Waals surface area contributed by atoms with E-state index in [-0.39, 0.29) is 5.82 Å². The number of halogens is 1. The van der Waals surface area contributed by atoms with Gasteiger partial charge in [-0.3, -0.25) is 0 Å². The van der Waals surface area contributed by atoms with Gasteiger partial charge in [0.2, 0.25) is 0 Å². The number of carbonyl (C=O) groups is 1. The average molecular weight is 279 g/mol. The van der Waals surface area contributed by atoms with Crippen LogP contribution >= 0.6 is 11.3 Å². The van der Waals surface area contributed by atoms with E-state index in [1.165, 1.54) is 23.5 Å². The molecule has 0 saturated carbocycles. The molecule has 0 unspecified atom stereocenters. The molecule has 0 saturated heterocycles. The molecule has 2 rings (SSSR count). The average Bonchev–Trinajstić information content (AvgIpc) is 2.70. The minimum absolute atomic E-state index is 0.305. The van der Waals surface area contributed by atoms with E-state index in [1.54, 1.807) is 13.8 Å². The van der Waals surface area contributed by atoms with Gasteiger partial charge in [-0.1, -0.05) is 0 Å². The van der Waals surface area contributed by atoms with Crippen LogP contribution in [0.15, 0.2) is 18.2 Å². The summed E-state index contributed by atoms with van der Waals surface area (Å²) >= 11 is 1.36. The van der Waals surface area contributed by atoms with Crippen molar-refractivity contribution in [2.45, 2.75) is 20.8 Å². The summed E-state index contributed by atoms with van der Waals surface area (Å²) < 4.78 is 18.3. The van der Waals surface area contributed by atoms with Crippen LogP contribution in [-0.2, 0) is 4.74 Å². The fraction of sp³-hybridized carbons (Fsp3) is 0.286. The van der Waals surface area contributed by atoms with Crippen LogP contribution in [0.25, 0.3) is 10.6 Å². The van der Waals surface area contributed by atoms with Crippen LogP contribution in [0.4, 0.5) is 4.39 Å². The molecule has 0 bridgehead atoms. The van der Waals surface area contributed by atoms with Gasteiger partial charge in [0, 0.05) is 10.4 Å². The van der Waals surface area contributed by atoms with E-state index in [1.807, 2.05) is 13.0 Å². The normalized spacial score (nSPS) is 10.5. The Labute approximate surface area is 115 Å². The number of esters is 1. The number of aryl methyl sites for hydroxylation is 2. The number of thiazole rings is 1. The van der Waals surface area contributed by atoms with Crippen molar-refractivity contribution in [3.63, 3.8) is 0 Å². The van der Waals surface area contributed by atoms with E-state index in [9.17, 15) is 9.18 Å². The lowest BCUT2D eigenvalue weighted by Crippen LogP contribution is -2.06. The van der Waals surface area contributed by atoms with E-state index >= 15 is 0 Å². The highest BCUT2D eigenvalue weighted by molar-refractivity contribution is 7.15. The maximum Gasteiger partial charge on any atom is 0.358 e. The van der Waals surface area contributed by atoms with E-state index in [0.717, 1.165) is 10.4 Å². The SMILES string of the molecule is CCOC(=O)c1nc(-c2cc(C)cc(F)c2)sc1C. The van der Waals surface area contributed by atoms with Crippen molar-refractivity contribution in [2.75, 3.05) is 6.61 Å². The van der Waals surface area contributed by atoms with Crippen molar-refractivity contribution in [3.8, 4) is 10.6 Å². The second-order valence-corrected chi connectivity index (χ2v) is 5.36. The first-order valence-electron chi connectivity index (χ1n) is 5.93. The molecule has 5 heteroatoms. The number of rotatable bonds is 3. The molecule has 19 heavy (non-hydrogen) atoms. The van der Waals surface area contributed by atoms with Gasteiger partial charge in [-0.2, -0.15) is 0 Å². The first kappa shape index (κ1) is 13.7. The summed E-state index contributed by atoms with van der Waals surface area (Å²) in [5, 5.41) is 0.628. The molecule has 0 atom stereocenters. The highest BCUT2D eigenvalue weighted by Crippen LogP contribution is 2.29. The number of benzene rings is 1. The third kappa shape index (κ3) is 2.98. The smallest absolute Gasteiger partial charge is 0.358 e. The lowest BCUT2D eigenvalue weighted by Gasteiger charge is -1.99. The number of aromatic nitrogens is 1. The standard InChI is InChI=1S/C14H14FNO2S/c1-4-18-14(17)12-9(3)19-13(16-12)10-5-8(2)6-11(15)7-10/h5-7H,4H2,1-3H3. The Hall–Kier alpha value is -1.75. The van der Waals surface area contributed by atoms with Gasteiger partial charge in [0.05, 0.1) is 6.61 Å². The van der Waals surface area contributed by atoms with E-state index in [0.29, 0.717) is 22.9 Å². The van der Waals surface area contributed by atoms with Crippen LogP contribution in [0.2, 0.25) is 0 Å². The largest absolute Gasteiger partial charge is 0.461 e. The topological polar surface area (TPSA) is 39.2 Å². The predicted molar refractivity (Wildman–Crippen MR) is 72.9 cm³/mol. The summed E-state index contributed by atoms with van der Waals surface area (Å²) in [7, 11) is 0. The Balaban J connectivity index is 2.41. The Morgan fingerprint density at radius 1 is 1.37 bits per heavy atom. The minimum Gasteiger partial charge on any atom is -0.461 e. The molecule has 1 aromatic carbocycles. The second kappa shape index (κ2) is 5.48. The summed E-state index contributed by atoms with van der Waals surface area (Å²) in [5.74, 6) is -0.740. The van der Waals surface area contributed by atoms with Gasteiger partial charge in [-0.15, -0.1) is 11.3 Å². The van der Waals surface area contributed by atoms with Crippen LogP contribution in [-0.4, -0.2) is 17.6 Å². The van der Waals surface area contributed by atoms with Crippen molar-refractivity contribution in [1.29, 1.82) is 0 Å². The summed E-state index contributed by atoms with van der Waals surface area (Å²) in [6.07, 6.45) is 0. The van der Waals surface area contributed by atoms with Crippen molar-refractivity contribution < 1.29 is 13.9 Å². The molecule has 1 aromatic heterocycles. The number of nitrogens with zero attached hydrogens (tertiary/aromatic N) is 1. The zero-order chi connectivity index (χ0) is 14.0. The van der Waals surface area contributed by atoms with Gasteiger partial charge in [0.25, 0.3) is 0 Å². The monoisotopic (exact) mass is 279 g/mol.